The van der Waals surface area contributed by atoms with E-state index in [1.807, 2.05) is 30.3 Å². The lowest BCUT2D eigenvalue weighted by molar-refractivity contribution is -0.149. The van der Waals surface area contributed by atoms with Gasteiger partial charge in [-0.3, -0.25) is 14.4 Å². The van der Waals surface area contributed by atoms with Gasteiger partial charge in [0.15, 0.2) is 0 Å². The van der Waals surface area contributed by atoms with Crippen molar-refractivity contribution in [2.45, 2.75) is 37.9 Å². The van der Waals surface area contributed by atoms with Crippen molar-refractivity contribution in [1.29, 1.82) is 0 Å². The van der Waals surface area contributed by atoms with Gasteiger partial charge in [0.25, 0.3) is 0 Å². The number of carbonyl (C=O) groups is 3. The zero-order valence-electron chi connectivity index (χ0n) is 21.8. The highest BCUT2D eigenvalue weighted by Crippen LogP contribution is 2.23. The molecule has 2 aromatic rings. The first kappa shape index (κ1) is 29.5. The number of sulfonamides is 1. The van der Waals surface area contributed by atoms with Crippen LogP contribution in [0.2, 0.25) is 4.34 Å². The molecule has 0 bridgehead atoms. The molecule has 212 valence electrons. The lowest BCUT2D eigenvalue weighted by Crippen LogP contribution is -2.55. The Labute approximate surface area is 237 Å². The topological polar surface area (TPSA) is 116 Å². The number of hydrogen-bond acceptors (Lipinski definition) is 7. The van der Waals surface area contributed by atoms with Crippen molar-refractivity contribution in [2.24, 2.45) is 0 Å². The van der Waals surface area contributed by atoms with Crippen LogP contribution in [-0.4, -0.2) is 98.6 Å². The molecule has 0 radical (unpaired) electrons. The van der Waals surface area contributed by atoms with Crippen LogP contribution in [-0.2, 0) is 42.1 Å². The molecule has 0 spiro atoms. The third-order valence-electron chi connectivity index (χ3n) is 6.85. The predicted molar refractivity (Wildman–Crippen MR) is 149 cm³/mol. The number of nitrogens with zero attached hydrogens (tertiary/aromatic N) is 3. The first-order valence-corrected chi connectivity index (χ1v) is 15.7. The highest BCUT2D eigenvalue weighted by molar-refractivity contribution is 7.89. The van der Waals surface area contributed by atoms with Crippen LogP contribution in [0.1, 0.15) is 23.3 Å². The van der Waals surface area contributed by atoms with Crippen molar-refractivity contribution in [3.63, 3.8) is 0 Å². The fourth-order valence-electron chi connectivity index (χ4n) is 4.71. The van der Waals surface area contributed by atoms with E-state index in [0.29, 0.717) is 37.2 Å². The summed E-state index contributed by atoms with van der Waals surface area (Å²) in [6.45, 7) is 2.04. The van der Waals surface area contributed by atoms with Gasteiger partial charge in [-0.2, -0.15) is 0 Å². The summed E-state index contributed by atoms with van der Waals surface area (Å²) in [4.78, 5) is 45.5. The molecule has 10 nitrogen and oxygen atoms in total. The first-order valence-electron chi connectivity index (χ1n) is 12.8. The summed E-state index contributed by atoms with van der Waals surface area (Å²) in [7, 11) is -2.11. The number of likely N-dealkylation sites (tertiary alicyclic amines) is 1. The molecule has 2 aliphatic heterocycles. The number of thiophene rings is 1. The number of ether oxygens (including phenoxy) is 1. The maximum atomic E-state index is 13.6. The quantitative estimate of drug-likeness (QED) is 0.422. The second-order valence-electron chi connectivity index (χ2n) is 9.66. The summed E-state index contributed by atoms with van der Waals surface area (Å²) in [5.74, 6) is -1.29. The van der Waals surface area contributed by atoms with E-state index in [-0.39, 0.29) is 43.4 Å². The molecule has 0 saturated carbocycles. The van der Waals surface area contributed by atoms with E-state index in [1.54, 1.807) is 24.1 Å². The SMILES string of the molecule is CN(Cc1ccccc1)C(=O)CC(C(=O)N1CCOCC1)N1CCC(NS(=O)(=O)CCc2ccc(Cl)s2)C1=O. The Bertz CT molecular complexity index is 1270. The molecule has 4 rings (SSSR count). The minimum atomic E-state index is -3.77. The van der Waals surface area contributed by atoms with Gasteiger partial charge in [-0.15, -0.1) is 11.3 Å². The Hall–Kier alpha value is -2.51. The Morgan fingerprint density at radius 3 is 2.54 bits per heavy atom. The number of nitrogens with one attached hydrogen (secondary N) is 1. The van der Waals surface area contributed by atoms with Crippen LogP contribution in [0.5, 0.6) is 0 Å². The maximum Gasteiger partial charge on any atom is 0.246 e. The zero-order chi connectivity index (χ0) is 28.0. The molecule has 2 unspecified atom stereocenters. The zero-order valence-corrected chi connectivity index (χ0v) is 24.1. The Morgan fingerprint density at radius 1 is 1.15 bits per heavy atom. The van der Waals surface area contributed by atoms with Crippen molar-refractivity contribution < 1.29 is 27.5 Å². The first-order chi connectivity index (χ1) is 18.6. The monoisotopic (exact) mass is 596 g/mol. The van der Waals surface area contributed by atoms with E-state index in [9.17, 15) is 22.8 Å². The average molecular weight is 597 g/mol. The fraction of sp³-hybridized carbons (Fsp3) is 0.500. The van der Waals surface area contributed by atoms with E-state index in [0.717, 1.165) is 10.4 Å². The van der Waals surface area contributed by atoms with Crippen molar-refractivity contribution in [2.75, 3.05) is 45.6 Å². The van der Waals surface area contributed by atoms with Gasteiger partial charge in [-0.05, 0) is 30.5 Å². The van der Waals surface area contributed by atoms with E-state index in [1.165, 1.54) is 21.1 Å². The molecule has 3 heterocycles. The largest absolute Gasteiger partial charge is 0.378 e. The van der Waals surface area contributed by atoms with Crippen LogP contribution in [0.3, 0.4) is 0 Å². The van der Waals surface area contributed by atoms with Gasteiger partial charge in [-0.1, -0.05) is 41.9 Å². The normalized spacial score (nSPS) is 18.8. The second kappa shape index (κ2) is 13.2. The number of morpholine rings is 1. The van der Waals surface area contributed by atoms with E-state index < -0.39 is 28.0 Å². The molecule has 1 aromatic carbocycles. The number of halogens is 1. The summed E-state index contributed by atoms with van der Waals surface area (Å²) in [6.07, 6.45) is 0.297. The lowest BCUT2D eigenvalue weighted by Gasteiger charge is -2.35. The van der Waals surface area contributed by atoms with Crippen LogP contribution >= 0.6 is 22.9 Å². The summed E-state index contributed by atoms with van der Waals surface area (Å²) in [6, 6.07) is 11.0. The van der Waals surface area contributed by atoms with E-state index in [4.69, 9.17) is 16.3 Å². The van der Waals surface area contributed by atoms with Gasteiger partial charge >= 0.3 is 0 Å². The third kappa shape index (κ3) is 8.01. The summed E-state index contributed by atoms with van der Waals surface area (Å²) < 4.78 is 33.9. The van der Waals surface area contributed by atoms with Gasteiger partial charge in [0.05, 0.1) is 29.7 Å². The standard InChI is InChI=1S/C26H33ClN4O6S2/c1-29(18-19-5-3-2-4-6-19)24(32)17-22(26(34)30-12-14-37-15-13-30)31-11-9-21(25(31)33)28-39(35,36)16-10-20-7-8-23(27)38-20/h2-8,21-22,28H,9-18H2,1H3. The average Bonchev–Trinajstić information content (AvgIpc) is 3.51. The fourth-order valence-corrected chi connectivity index (χ4v) is 7.18. The second-order valence-corrected chi connectivity index (χ2v) is 13.3. The molecular formula is C26H33ClN4O6S2. The van der Waals surface area contributed by atoms with Gasteiger partial charge in [0, 0.05) is 38.1 Å². The molecule has 2 aliphatic rings. The summed E-state index contributed by atoms with van der Waals surface area (Å²) in [5.41, 5.74) is 0.945. The minimum Gasteiger partial charge on any atom is -0.378 e. The number of aryl methyl sites for hydroxylation is 1. The number of hydrogen-bond donors (Lipinski definition) is 1. The van der Waals surface area contributed by atoms with Crippen molar-refractivity contribution in [1.82, 2.24) is 19.4 Å². The predicted octanol–water partition coefficient (Wildman–Crippen LogP) is 1.74. The lowest BCUT2D eigenvalue weighted by atomic mass is 10.1. The van der Waals surface area contributed by atoms with E-state index in [2.05, 4.69) is 4.72 Å². The molecule has 1 aromatic heterocycles. The Balaban J connectivity index is 1.43. The molecule has 3 amide bonds. The van der Waals surface area contributed by atoms with Crippen LogP contribution in [0.15, 0.2) is 42.5 Å². The molecule has 2 fully saturated rings. The number of benzene rings is 1. The molecule has 39 heavy (non-hydrogen) atoms. The highest BCUT2D eigenvalue weighted by atomic mass is 35.5. The van der Waals surface area contributed by atoms with Gasteiger partial charge in [0.1, 0.15) is 12.1 Å². The minimum absolute atomic E-state index is 0.170. The van der Waals surface area contributed by atoms with Crippen molar-refractivity contribution in [3.05, 3.63) is 57.2 Å². The molecular weight excluding hydrogens is 564 g/mol. The van der Waals surface area contributed by atoms with Gasteiger partial charge < -0.3 is 19.4 Å². The smallest absolute Gasteiger partial charge is 0.246 e. The maximum absolute atomic E-state index is 13.6. The highest BCUT2D eigenvalue weighted by Gasteiger charge is 2.43. The number of carbonyl (C=O) groups excluding carboxylic acids is 3. The number of rotatable bonds is 11. The van der Waals surface area contributed by atoms with Gasteiger partial charge in [-0.25, -0.2) is 13.1 Å². The van der Waals surface area contributed by atoms with Crippen LogP contribution in [0.25, 0.3) is 0 Å². The molecule has 0 aliphatic carbocycles. The Kier molecular flexibility index (Phi) is 10.00. The number of amides is 3. The van der Waals surface area contributed by atoms with Crippen molar-refractivity contribution in [3.8, 4) is 0 Å². The van der Waals surface area contributed by atoms with Gasteiger partial charge in [0.2, 0.25) is 27.7 Å². The van der Waals surface area contributed by atoms with E-state index >= 15 is 0 Å². The molecule has 13 heteroatoms. The van der Waals surface area contributed by atoms with Crippen LogP contribution in [0, 0.1) is 0 Å². The summed E-state index contributed by atoms with van der Waals surface area (Å²) >= 11 is 7.24. The molecule has 1 N–H and O–H groups in total. The van der Waals surface area contributed by atoms with Crippen molar-refractivity contribution >= 4 is 50.7 Å². The Morgan fingerprint density at radius 2 is 1.87 bits per heavy atom. The molecule has 2 saturated heterocycles. The summed E-state index contributed by atoms with van der Waals surface area (Å²) in [5, 5.41) is 0. The van der Waals surface area contributed by atoms with Crippen LogP contribution in [0.4, 0.5) is 0 Å². The molecule has 2 atom stereocenters. The van der Waals surface area contributed by atoms with Crippen LogP contribution < -0.4 is 4.72 Å². The third-order valence-corrected chi connectivity index (χ3v) is 9.52.